The van der Waals surface area contributed by atoms with E-state index in [0.29, 0.717) is 0 Å². The second kappa shape index (κ2) is 6.73. The topological polar surface area (TPSA) is 44.7 Å². The van der Waals surface area contributed by atoms with Crippen molar-refractivity contribution < 1.29 is 4.74 Å². The van der Waals surface area contributed by atoms with Crippen LogP contribution in [-0.2, 0) is 0 Å². The van der Waals surface area contributed by atoms with Gasteiger partial charge in [-0.3, -0.25) is 0 Å². The number of rotatable bonds is 4. The highest BCUT2D eigenvalue weighted by molar-refractivity contribution is 5.51. The van der Waals surface area contributed by atoms with E-state index < -0.39 is 0 Å². The van der Waals surface area contributed by atoms with Crippen molar-refractivity contribution in [1.29, 1.82) is 0 Å². The minimum atomic E-state index is 0.811. The molecule has 0 atom stereocenters. The molecule has 3 rings (SSSR count). The number of hydrogen-bond acceptors (Lipinski definition) is 6. The van der Waals surface area contributed by atoms with Crippen LogP contribution in [0.4, 0.5) is 17.5 Å². The van der Waals surface area contributed by atoms with Gasteiger partial charge in [-0.15, -0.1) is 0 Å². The molecule has 23 heavy (non-hydrogen) atoms. The van der Waals surface area contributed by atoms with Gasteiger partial charge in [-0.25, -0.2) is 4.98 Å². The lowest BCUT2D eigenvalue weighted by molar-refractivity contribution is 0.415. The van der Waals surface area contributed by atoms with Gasteiger partial charge < -0.3 is 19.4 Å². The zero-order valence-electron chi connectivity index (χ0n) is 13.9. The Labute approximate surface area is 137 Å². The lowest BCUT2D eigenvalue weighted by Gasteiger charge is -2.36. The van der Waals surface area contributed by atoms with E-state index in [1.54, 1.807) is 7.11 Å². The monoisotopic (exact) mass is 313 g/mol. The van der Waals surface area contributed by atoms with Crippen molar-refractivity contribution in [2.45, 2.75) is 0 Å². The summed E-state index contributed by atoms with van der Waals surface area (Å²) < 4.78 is 5.21. The van der Waals surface area contributed by atoms with Gasteiger partial charge in [-0.1, -0.05) is 0 Å². The molecule has 1 aromatic carbocycles. The van der Waals surface area contributed by atoms with Crippen molar-refractivity contribution in [3.8, 4) is 5.75 Å². The standard InChI is InChI=1S/C17H23N5O/c1-20(2)16-8-9-18-17(19-16)22-12-10-21(11-13-22)14-4-6-15(23-3)7-5-14/h4-9H,10-13H2,1-3H3. The normalized spacial score (nSPS) is 14.7. The zero-order chi connectivity index (χ0) is 16.2. The summed E-state index contributed by atoms with van der Waals surface area (Å²) in [5.41, 5.74) is 1.23. The summed E-state index contributed by atoms with van der Waals surface area (Å²) in [6, 6.07) is 10.2. The largest absolute Gasteiger partial charge is 0.497 e. The predicted molar refractivity (Wildman–Crippen MR) is 93.8 cm³/mol. The summed E-state index contributed by atoms with van der Waals surface area (Å²) in [6.45, 7) is 3.76. The van der Waals surface area contributed by atoms with Crippen molar-refractivity contribution in [2.24, 2.45) is 0 Å². The maximum absolute atomic E-state index is 5.21. The fraction of sp³-hybridized carbons (Fsp3) is 0.412. The first-order valence-electron chi connectivity index (χ1n) is 7.81. The van der Waals surface area contributed by atoms with E-state index >= 15 is 0 Å². The van der Waals surface area contributed by atoms with Crippen LogP contribution < -0.4 is 19.4 Å². The molecule has 2 aromatic rings. The summed E-state index contributed by atoms with van der Waals surface area (Å²) in [4.78, 5) is 15.7. The van der Waals surface area contributed by atoms with E-state index in [1.165, 1.54) is 5.69 Å². The summed E-state index contributed by atoms with van der Waals surface area (Å²) in [5.74, 6) is 2.64. The maximum Gasteiger partial charge on any atom is 0.227 e. The van der Waals surface area contributed by atoms with E-state index in [2.05, 4.69) is 31.9 Å². The molecule has 6 nitrogen and oxygen atoms in total. The smallest absolute Gasteiger partial charge is 0.227 e. The van der Waals surface area contributed by atoms with E-state index in [-0.39, 0.29) is 0 Å². The number of nitrogens with zero attached hydrogens (tertiary/aromatic N) is 5. The van der Waals surface area contributed by atoms with Crippen LogP contribution in [0, 0.1) is 0 Å². The number of benzene rings is 1. The number of ether oxygens (including phenoxy) is 1. The van der Waals surface area contributed by atoms with Crippen molar-refractivity contribution in [2.75, 3.05) is 62.1 Å². The van der Waals surface area contributed by atoms with E-state index in [4.69, 9.17) is 4.74 Å². The number of piperazine rings is 1. The lowest BCUT2D eigenvalue weighted by Crippen LogP contribution is -2.47. The molecule has 2 heterocycles. The van der Waals surface area contributed by atoms with Gasteiger partial charge in [-0.05, 0) is 30.3 Å². The molecule has 6 heteroatoms. The highest BCUT2D eigenvalue weighted by atomic mass is 16.5. The molecular weight excluding hydrogens is 290 g/mol. The van der Waals surface area contributed by atoms with E-state index in [0.717, 1.165) is 43.7 Å². The zero-order valence-corrected chi connectivity index (χ0v) is 13.9. The summed E-state index contributed by atoms with van der Waals surface area (Å²) in [7, 11) is 5.68. The molecule has 0 amide bonds. The fourth-order valence-electron chi connectivity index (χ4n) is 2.70. The van der Waals surface area contributed by atoms with Gasteiger partial charge in [0.25, 0.3) is 0 Å². The number of aromatic nitrogens is 2. The molecule has 0 radical (unpaired) electrons. The third-order valence-electron chi connectivity index (χ3n) is 4.09. The second-order valence-electron chi connectivity index (χ2n) is 5.78. The number of methoxy groups -OCH3 is 1. The Bertz CT molecular complexity index is 636. The van der Waals surface area contributed by atoms with Gasteiger partial charge in [0.05, 0.1) is 7.11 Å². The molecule has 0 saturated carbocycles. The Balaban J connectivity index is 1.64. The van der Waals surface area contributed by atoms with Crippen LogP contribution in [0.15, 0.2) is 36.5 Å². The Morgan fingerprint density at radius 1 is 0.957 bits per heavy atom. The highest BCUT2D eigenvalue weighted by Gasteiger charge is 2.19. The van der Waals surface area contributed by atoms with Gasteiger partial charge in [0.15, 0.2) is 0 Å². The van der Waals surface area contributed by atoms with Crippen LogP contribution >= 0.6 is 0 Å². The molecule has 0 aliphatic carbocycles. The molecule has 0 spiro atoms. The van der Waals surface area contributed by atoms with Gasteiger partial charge in [0.1, 0.15) is 11.6 Å². The highest BCUT2D eigenvalue weighted by Crippen LogP contribution is 2.22. The van der Waals surface area contributed by atoms with E-state index in [1.807, 2.05) is 43.4 Å². The fourth-order valence-corrected chi connectivity index (χ4v) is 2.70. The maximum atomic E-state index is 5.21. The lowest BCUT2D eigenvalue weighted by atomic mass is 10.2. The second-order valence-corrected chi connectivity index (χ2v) is 5.78. The first-order valence-corrected chi connectivity index (χ1v) is 7.81. The molecule has 1 aliphatic rings. The van der Waals surface area contributed by atoms with Crippen LogP contribution in [-0.4, -0.2) is 57.4 Å². The van der Waals surface area contributed by atoms with Crippen molar-refractivity contribution >= 4 is 17.5 Å². The van der Waals surface area contributed by atoms with E-state index in [9.17, 15) is 0 Å². The third kappa shape index (κ3) is 3.47. The number of anilines is 3. The SMILES string of the molecule is COc1ccc(N2CCN(c3nccc(N(C)C)n3)CC2)cc1. The first kappa shape index (κ1) is 15.4. The Kier molecular flexibility index (Phi) is 4.50. The summed E-state index contributed by atoms with van der Waals surface area (Å²) in [6.07, 6.45) is 1.83. The quantitative estimate of drug-likeness (QED) is 0.859. The first-order chi connectivity index (χ1) is 11.2. The summed E-state index contributed by atoms with van der Waals surface area (Å²) in [5, 5.41) is 0. The predicted octanol–water partition coefficient (Wildman–Crippen LogP) is 1.88. The Morgan fingerprint density at radius 3 is 2.22 bits per heavy atom. The molecule has 122 valence electrons. The van der Waals surface area contributed by atoms with Crippen LogP contribution in [0.5, 0.6) is 5.75 Å². The van der Waals surface area contributed by atoms with Crippen LogP contribution in [0.2, 0.25) is 0 Å². The molecule has 0 unspecified atom stereocenters. The molecule has 1 aliphatic heterocycles. The summed E-state index contributed by atoms with van der Waals surface area (Å²) >= 11 is 0. The average molecular weight is 313 g/mol. The van der Waals surface area contributed by atoms with Gasteiger partial charge in [0.2, 0.25) is 5.95 Å². The van der Waals surface area contributed by atoms with Crippen molar-refractivity contribution in [3.63, 3.8) is 0 Å². The van der Waals surface area contributed by atoms with Crippen LogP contribution in [0.3, 0.4) is 0 Å². The molecule has 1 aromatic heterocycles. The van der Waals surface area contributed by atoms with Crippen LogP contribution in [0.25, 0.3) is 0 Å². The molecule has 1 saturated heterocycles. The average Bonchev–Trinajstić information content (AvgIpc) is 2.62. The van der Waals surface area contributed by atoms with Gasteiger partial charge in [0, 0.05) is 52.2 Å². The minimum Gasteiger partial charge on any atom is -0.497 e. The van der Waals surface area contributed by atoms with Crippen molar-refractivity contribution in [1.82, 2.24) is 9.97 Å². The Hall–Kier alpha value is -2.50. The van der Waals surface area contributed by atoms with Crippen LogP contribution in [0.1, 0.15) is 0 Å². The number of hydrogen-bond donors (Lipinski definition) is 0. The van der Waals surface area contributed by atoms with Crippen molar-refractivity contribution in [3.05, 3.63) is 36.5 Å². The molecule has 0 bridgehead atoms. The van der Waals surface area contributed by atoms with Gasteiger partial charge in [-0.2, -0.15) is 4.98 Å². The van der Waals surface area contributed by atoms with Gasteiger partial charge >= 0.3 is 0 Å². The third-order valence-corrected chi connectivity index (χ3v) is 4.09. The molecule has 0 N–H and O–H groups in total. The minimum absolute atomic E-state index is 0.811. The Morgan fingerprint density at radius 2 is 1.61 bits per heavy atom. The molecule has 1 fully saturated rings. The molecular formula is C17H23N5O.